The Labute approximate surface area is 168 Å². The van der Waals surface area contributed by atoms with E-state index in [2.05, 4.69) is 10.1 Å². The fourth-order valence-corrected chi connectivity index (χ4v) is 5.46. The number of amides is 1. The van der Waals surface area contributed by atoms with Crippen molar-refractivity contribution in [1.29, 1.82) is 0 Å². The summed E-state index contributed by atoms with van der Waals surface area (Å²) in [6.07, 6.45) is 1.35. The van der Waals surface area contributed by atoms with Crippen molar-refractivity contribution >= 4 is 32.8 Å². The van der Waals surface area contributed by atoms with Crippen molar-refractivity contribution in [2.75, 3.05) is 18.6 Å². The summed E-state index contributed by atoms with van der Waals surface area (Å²) in [6.45, 7) is 3.20. The third-order valence-corrected chi connectivity index (χ3v) is 7.34. The Balaban J connectivity index is 1.53. The molecular formula is C19H23N3O6S. The second-order valence-electron chi connectivity index (χ2n) is 7.87. The third-order valence-electron chi connectivity index (χ3n) is 5.59. The predicted octanol–water partition coefficient (Wildman–Crippen LogP) is 1.60. The number of likely N-dealkylation sites (N-methyl/N-ethyl adjacent to an activating group) is 1. The van der Waals surface area contributed by atoms with Crippen LogP contribution >= 0.6 is 0 Å². The molecule has 2 fully saturated rings. The van der Waals surface area contributed by atoms with E-state index >= 15 is 0 Å². The van der Waals surface area contributed by atoms with Crippen LogP contribution in [0, 0.1) is 6.92 Å². The summed E-state index contributed by atoms with van der Waals surface area (Å²) in [6, 6.07) is 1.29. The molecule has 29 heavy (non-hydrogen) atoms. The first-order valence-electron chi connectivity index (χ1n) is 9.61. The highest BCUT2D eigenvalue weighted by molar-refractivity contribution is 7.91. The largest absolute Gasteiger partial charge is 0.449 e. The van der Waals surface area contributed by atoms with Gasteiger partial charge in [-0.1, -0.05) is 5.16 Å². The first-order valence-corrected chi connectivity index (χ1v) is 11.4. The van der Waals surface area contributed by atoms with Crippen LogP contribution in [0.1, 0.15) is 53.8 Å². The van der Waals surface area contributed by atoms with Crippen LogP contribution in [-0.2, 0) is 19.4 Å². The molecule has 1 aliphatic heterocycles. The lowest BCUT2D eigenvalue weighted by Gasteiger charge is -2.26. The smallest absolute Gasteiger partial charge is 0.339 e. The topological polar surface area (TPSA) is 120 Å². The Kier molecular flexibility index (Phi) is 4.84. The van der Waals surface area contributed by atoms with Crippen LogP contribution in [0.4, 0.5) is 0 Å². The second-order valence-corrected chi connectivity index (χ2v) is 10.1. The zero-order valence-corrected chi connectivity index (χ0v) is 17.4. The molecule has 0 bridgehead atoms. The molecule has 4 rings (SSSR count). The normalized spacial score (nSPS) is 21.8. The van der Waals surface area contributed by atoms with Gasteiger partial charge in [0.05, 0.1) is 28.1 Å². The van der Waals surface area contributed by atoms with E-state index in [0.717, 1.165) is 18.5 Å². The Bertz CT molecular complexity index is 1090. The molecule has 9 nitrogen and oxygen atoms in total. The Morgan fingerprint density at radius 3 is 2.66 bits per heavy atom. The summed E-state index contributed by atoms with van der Waals surface area (Å²) >= 11 is 0. The fourth-order valence-electron chi connectivity index (χ4n) is 3.68. The number of sulfone groups is 1. The first kappa shape index (κ1) is 19.8. The minimum absolute atomic E-state index is 0.0640. The number of rotatable bonds is 5. The molecule has 1 saturated carbocycles. The summed E-state index contributed by atoms with van der Waals surface area (Å²) in [5.41, 5.74) is 1.84. The van der Waals surface area contributed by atoms with E-state index in [4.69, 9.17) is 9.26 Å². The number of carbonyl (C=O) groups excluding carboxylic acids is 2. The molecule has 3 heterocycles. The monoisotopic (exact) mass is 421 g/mol. The average Bonchev–Trinajstić information content (AvgIpc) is 3.38. The van der Waals surface area contributed by atoms with Gasteiger partial charge < -0.3 is 14.2 Å². The zero-order valence-electron chi connectivity index (χ0n) is 16.5. The van der Waals surface area contributed by atoms with E-state index in [1.54, 1.807) is 13.0 Å². The molecule has 2 aromatic heterocycles. The molecule has 0 radical (unpaired) electrons. The quantitative estimate of drug-likeness (QED) is 0.668. The zero-order chi connectivity index (χ0) is 20.9. The summed E-state index contributed by atoms with van der Waals surface area (Å²) < 4.78 is 34.0. The van der Waals surface area contributed by atoms with E-state index in [1.807, 2.05) is 0 Å². The molecule has 10 heteroatoms. The van der Waals surface area contributed by atoms with Crippen molar-refractivity contribution in [3.63, 3.8) is 0 Å². The molecule has 2 aliphatic rings. The molecule has 2 aromatic rings. The van der Waals surface area contributed by atoms with Crippen molar-refractivity contribution in [2.24, 2.45) is 0 Å². The molecule has 0 unspecified atom stereocenters. The van der Waals surface area contributed by atoms with Crippen molar-refractivity contribution in [2.45, 2.75) is 51.2 Å². The number of ether oxygens (including phenoxy) is 1. The lowest BCUT2D eigenvalue weighted by Crippen LogP contribution is -2.44. The molecule has 1 saturated heterocycles. The van der Waals surface area contributed by atoms with Gasteiger partial charge in [0.1, 0.15) is 0 Å². The van der Waals surface area contributed by atoms with Gasteiger partial charge in [-0.3, -0.25) is 4.79 Å². The summed E-state index contributed by atoms with van der Waals surface area (Å²) in [4.78, 5) is 31.4. The highest BCUT2D eigenvalue weighted by atomic mass is 32.2. The Morgan fingerprint density at radius 2 is 2.03 bits per heavy atom. The highest BCUT2D eigenvalue weighted by Crippen LogP contribution is 2.40. The van der Waals surface area contributed by atoms with E-state index in [1.165, 1.54) is 18.9 Å². The van der Waals surface area contributed by atoms with Crippen molar-refractivity contribution in [3.8, 4) is 0 Å². The van der Waals surface area contributed by atoms with Crippen molar-refractivity contribution in [3.05, 3.63) is 23.0 Å². The number of nitrogens with zero attached hydrogens (tertiary/aromatic N) is 3. The van der Waals surface area contributed by atoms with Gasteiger partial charge in [0, 0.05) is 24.7 Å². The summed E-state index contributed by atoms with van der Waals surface area (Å²) in [7, 11) is -1.58. The van der Waals surface area contributed by atoms with Crippen LogP contribution < -0.4 is 0 Å². The van der Waals surface area contributed by atoms with Gasteiger partial charge in [-0.2, -0.15) is 0 Å². The Morgan fingerprint density at radius 1 is 1.31 bits per heavy atom. The van der Waals surface area contributed by atoms with Gasteiger partial charge in [0.2, 0.25) is 0 Å². The minimum Gasteiger partial charge on any atom is -0.449 e. The second kappa shape index (κ2) is 7.08. The fraction of sp³-hybridized carbons (Fsp3) is 0.579. The number of carbonyl (C=O) groups is 2. The Hall–Kier alpha value is -2.49. The van der Waals surface area contributed by atoms with E-state index in [0.29, 0.717) is 23.4 Å². The van der Waals surface area contributed by atoms with Crippen molar-refractivity contribution in [1.82, 2.24) is 15.0 Å². The summed E-state index contributed by atoms with van der Waals surface area (Å²) in [5, 5.41) is 4.37. The molecule has 2 atom stereocenters. The molecule has 0 spiro atoms. The molecule has 0 N–H and O–H groups in total. The van der Waals surface area contributed by atoms with Crippen LogP contribution in [0.25, 0.3) is 11.1 Å². The van der Waals surface area contributed by atoms with Crippen LogP contribution in [0.15, 0.2) is 10.6 Å². The predicted molar refractivity (Wildman–Crippen MR) is 103 cm³/mol. The lowest BCUT2D eigenvalue weighted by molar-refractivity contribution is -0.140. The molecule has 1 amide bonds. The number of pyridine rings is 1. The number of aromatic nitrogens is 2. The van der Waals surface area contributed by atoms with Gasteiger partial charge in [0.15, 0.2) is 15.9 Å². The first-order chi connectivity index (χ1) is 13.7. The number of aryl methyl sites for hydroxylation is 1. The average molecular weight is 421 g/mol. The maximum absolute atomic E-state index is 12.9. The minimum atomic E-state index is -3.12. The molecular weight excluding hydrogens is 398 g/mol. The molecule has 0 aromatic carbocycles. The number of hydrogen-bond donors (Lipinski definition) is 0. The number of esters is 1. The van der Waals surface area contributed by atoms with Gasteiger partial charge in [-0.15, -0.1) is 0 Å². The molecule has 1 aliphatic carbocycles. The maximum Gasteiger partial charge on any atom is 0.339 e. The molecule has 156 valence electrons. The van der Waals surface area contributed by atoms with E-state index < -0.39 is 33.9 Å². The van der Waals surface area contributed by atoms with Crippen LogP contribution in [0.5, 0.6) is 0 Å². The highest BCUT2D eigenvalue weighted by Gasteiger charge is 2.35. The standard InChI is InChI=1S/C19H23N3O6S/c1-10-16-14(8-15(12-4-5-12)20-17(16)28-21-10)19(24)27-11(2)18(23)22(3)13-6-7-29(25,26)9-13/h8,11-13H,4-7,9H2,1-3H3/t11-,13-/m1/s1. The van der Waals surface area contributed by atoms with Gasteiger partial charge >= 0.3 is 5.97 Å². The SMILES string of the molecule is Cc1noc2nc(C3CC3)cc(C(=O)O[C@H](C)C(=O)N(C)[C@@H]3CCS(=O)(=O)C3)c12. The summed E-state index contributed by atoms with van der Waals surface area (Å²) in [5.74, 6) is -0.791. The van der Waals surface area contributed by atoms with E-state index in [9.17, 15) is 18.0 Å². The number of hydrogen-bond acceptors (Lipinski definition) is 8. The van der Waals surface area contributed by atoms with E-state index in [-0.39, 0.29) is 22.8 Å². The van der Waals surface area contributed by atoms with Crippen LogP contribution in [0.2, 0.25) is 0 Å². The third kappa shape index (κ3) is 3.85. The van der Waals surface area contributed by atoms with Crippen molar-refractivity contribution < 1.29 is 27.3 Å². The van der Waals surface area contributed by atoms with Gasteiger partial charge in [-0.25, -0.2) is 18.2 Å². The van der Waals surface area contributed by atoms with Crippen LogP contribution in [-0.4, -0.2) is 66.0 Å². The lowest BCUT2D eigenvalue weighted by atomic mass is 10.1. The van der Waals surface area contributed by atoms with Gasteiger partial charge in [-0.05, 0) is 39.2 Å². The van der Waals surface area contributed by atoms with Gasteiger partial charge in [0.25, 0.3) is 11.6 Å². The number of fused-ring (bicyclic) bond motifs is 1. The van der Waals surface area contributed by atoms with Crippen LogP contribution in [0.3, 0.4) is 0 Å². The maximum atomic E-state index is 12.9.